The molecule has 0 saturated carbocycles. The largest absolute Gasteiger partial charge is 1.00 e. The Balaban J connectivity index is 0. The Hall–Kier alpha value is 0.910. The summed E-state index contributed by atoms with van der Waals surface area (Å²) in [5.41, 5.74) is 0. The lowest BCUT2D eigenvalue weighted by Gasteiger charge is -2.24. The van der Waals surface area contributed by atoms with Gasteiger partial charge in [0.2, 0.25) is 0 Å². The van der Waals surface area contributed by atoms with Gasteiger partial charge in [0, 0.05) is 13.9 Å². The van der Waals surface area contributed by atoms with Crippen molar-refractivity contribution >= 4 is 7.26 Å². The van der Waals surface area contributed by atoms with Crippen molar-refractivity contribution in [3.8, 4) is 0 Å². The van der Waals surface area contributed by atoms with Crippen LogP contribution in [0.5, 0.6) is 0 Å². The summed E-state index contributed by atoms with van der Waals surface area (Å²) in [4.78, 5) is 0. The van der Waals surface area contributed by atoms with Crippen molar-refractivity contribution < 1.29 is 17.0 Å². The molecule has 0 fully saturated rings. The highest BCUT2D eigenvalue weighted by molar-refractivity contribution is 7.75. The van der Waals surface area contributed by atoms with E-state index in [1.54, 1.807) is 18.5 Å². The third kappa shape index (κ3) is 33.3. The first-order chi connectivity index (χ1) is 18.7. The van der Waals surface area contributed by atoms with Gasteiger partial charge in [0.25, 0.3) is 0 Å². The van der Waals surface area contributed by atoms with Crippen molar-refractivity contribution in [2.24, 2.45) is 0 Å². The standard InChI is InChI=1S/C37H78P.BrH/c1-5-8-11-14-17-20-23-26-29-32-35-38(4,36-33-30-27-24-21-18-15-12-9-6-2)37-34-31-28-25-22-19-16-13-10-7-3;/h5-37H2,1-4H3;1H/q+1;/p-1. The maximum atomic E-state index is 2.78. The summed E-state index contributed by atoms with van der Waals surface area (Å²) < 4.78 is 0. The SMILES string of the molecule is CCCCCCCCCCCC[P+](C)(CCCCCCCCCCCC)CCCCCCCCCCCC.[Br-]. The molecule has 0 atom stereocenters. The first kappa shape index (κ1) is 42.0. The van der Waals surface area contributed by atoms with E-state index in [9.17, 15) is 0 Å². The minimum atomic E-state index is -0.691. The summed E-state index contributed by atoms with van der Waals surface area (Å²) >= 11 is 0. The topological polar surface area (TPSA) is 0 Å². The van der Waals surface area contributed by atoms with Crippen LogP contribution < -0.4 is 17.0 Å². The van der Waals surface area contributed by atoms with Gasteiger partial charge in [0.1, 0.15) is 0 Å². The van der Waals surface area contributed by atoms with Gasteiger partial charge in [0.15, 0.2) is 0 Å². The van der Waals surface area contributed by atoms with Crippen molar-refractivity contribution in [2.45, 2.75) is 213 Å². The Labute approximate surface area is 261 Å². The Morgan fingerprint density at radius 3 is 0.590 bits per heavy atom. The van der Waals surface area contributed by atoms with Gasteiger partial charge in [-0.2, -0.15) is 0 Å². The van der Waals surface area contributed by atoms with E-state index in [0.717, 1.165) is 0 Å². The fraction of sp³-hybridized carbons (Fsp3) is 1.00. The molecule has 2 heteroatoms. The average molecular weight is 634 g/mol. The van der Waals surface area contributed by atoms with Gasteiger partial charge < -0.3 is 17.0 Å². The Bertz CT molecular complexity index is 364. The molecule has 39 heavy (non-hydrogen) atoms. The second kappa shape index (κ2) is 35.1. The van der Waals surface area contributed by atoms with Crippen LogP contribution in [0, 0.1) is 0 Å². The minimum absolute atomic E-state index is 0. The van der Waals surface area contributed by atoms with Crippen LogP contribution in [-0.2, 0) is 0 Å². The fourth-order valence-corrected chi connectivity index (χ4v) is 9.91. The van der Waals surface area contributed by atoms with E-state index in [0.29, 0.717) is 0 Å². The van der Waals surface area contributed by atoms with Gasteiger partial charge >= 0.3 is 0 Å². The summed E-state index contributed by atoms with van der Waals surface area (Å²) in [7, 11) is -0.691. The Morgan fingerprint density at radius 2 is 0.410 bits per heavy atom. The summed E-state index contributed by atoms with van der Waals surface area (Å²) in [6.45, 7) is 9.75. The first-order valence-corrected chi connectivity index (χ1v) is 21.3. The quantitative estimate of drug-likeness (QED) is 0.0498. The van der Waals surface area contributed by atoms with Gasteiger partial charge in [0.05, 0.1) is 18.5 Å². The maximum Gasteiger partial charge on any atom is 0.0591 e. The summed E-state index contributed by atoms with van der Waals surface area (Å²) in [5.74, 6) is 0. The summed E-state index contributed by atoms with van der Waals surface area (Å²) in [5, 5.41) is 0. The third-order valence-electron chi connectivity index (χ3n) is 9.15. The van der Waals surface area contributed by atoms with Crippen molar-refractivity contribution in [3.05, 3.63) is 0 Å². The molecule has 238 valence electrons. The van der Waals surface area contributed by atoms with Crippen LogP contribution in [0.1, 0.15) is 213 Å². The maximum absolute atomic E-state index is 2.78. The first-order valence-electron chi connectivity index (χ1n) is 18.5. The molecular formula is C37H78BrP. The molecular weight excluding hydrogens is 555 g/mol. The minimum Gasteiger partial charge on any atom is -1.00 e. The number of unbranched alkanes of at least 4 members (excludes halogenated alkanes) is 27. The van der Waals surface area contributed by atoms with Crippen LogP contribution in [0.2, 0.25) is 0 Å². The van der Waals surface area contributed by atoms with Crippen molar-refractivity contribution in [1.82, 2.24) is 0 Å². The zero-order valence-electron chi connectivity index (χ0n) is 28.2. The van der Waals surface area contributed by atoms with E-state index in [2.05, 4.69) is 27.4 Å². The molecule has 0 spiro atoms. The lowest BCUT2D eigenvalue weighted by molar-refractivity contribution is -0.00000867. The number of halogens is 1. The summed E-state index contributed by atoms with van der Waals surface area (Å²) in [6, 6.07) is 0. The molecule has 0 radical (unpaired) electrons. The van der Waals surface area contributed by atoms with Gasteiger partial charge in [-0.25, -0.2) is 0 Å². The predicted octanol–water partition coefficient (Wildman–Crippen LogP) is 11.4. The molecule has 0 N–H and O–H groups in total. The second-order valence-corrected chi connectivity index (χ2v) is 17.9. The lowest BCUT2D eigenvalue weighted by atomic mass is 10.1. The molecule has 0 unspecified atom stereocenters. The normalized spacial score (nSPS) is 11.7. The molecule has 0 saturated heterocycles. The molecule has 0 nitrogen and oxygen atoms in total. The molecule has 0 aromatic carbocycles. The molecule has 0 aliphatic rings. The van der Waals surface area contributed by atoms with Crippen LogP contribution in [0.3, 0.4) is 0 Å². The Morgan fingerprint density at radius 1 is 0.256 bits per heavy atom. The second-order valence-electron chi connectivity index (χ2n) is 13.3. The summed E-state index contributed by atoms with van der Waals surface area (Å²) in [6.07, 6.45) is 49.2. The fourth-order valence-electron chi connectivity index (χ4n) is 6.28. The number of rotatable bonds is 33. The predicted molar refractivity (Wildman–Crippen MR) is 183 cm³/mol. The van der Waals surface area contributed by atoms with Crippen molar-refractivity contribution in [3.63, 3.8) is 0 Å². The lowest BCUT2D eigenvalue weighted by Crippen LogP contribution is -3.00. The number of hydrogen-bond donors (Lipinski definition) is 0. The van der Waals surface area contributed by atoms with Gasteiger partial charge in [-0.1, -0.05) is 175 Å². The smallest absolute Gasteiger partial charge is 0.0591 e. The molecule has 0 rings (SSSR count). The number of hydrogen-bond acceptors (Lipinski definition) is 0. The molecule has 0 amide bonds. The van der Waals surface area contributed by atoms with Crippen LogP contribution in [0.15, 0.2) is 0 Å². The van der Waals surface area contributed by atoms with Gasteiger partial charge in [-0.15, -0.1) is 0 Å². The molecule has 0 aliphatic heterocycles. The third-order valence-corrected chi connectivity index (χ3v) is 13.3. The highest BCUT2D eigenvalue weighted by atomic mass is 79.9. The van der Waals surface area contributed by atoms with E-state index in [4.69, 9.17) is 0 Å². The zero-order chi connectivity index (χ0) is 27.8. The molecule has 0 heterocycles. The van der Waals surface area contributed by atoms with Crippen molar-refractivity contribution in [2.75, 3.05) is 25.2 Å². The monoisotopic (exact) mass is 633 g/mol. The highest BCUT2D eigenvalue weighted by Crippen LogP contribution is 2.57. The molecule has 0 aromatic heterocycles. The van der Waals surface area contributed by atoms with Crippen LogP contribution in [0.4, 0.5) is 0 Å². The van der Waals surface area contributed by atoms with E-state index in [1.165, 1.54) is 193 Å². The van der Waals surface area contributed by atoms with Gasteiger partial charge in [-0.05, 0) is 38.5 Å². The van der Waals surface area contributed by atoms with Crippen molar-refractivity contribution in [1.29, 1.82) is 0 Å². The average Bonchev–Trinajstić information content (AvgIpc) is 2.92. The Kier molecular flexibility index (Phi) is 37.8. The highest BCUT2D eigenvalue weighted by Gasteiger charge is 2.29. The van der Waals surface area contributed by atoms with E-state index >= 15 is 0 Å². The van der Waals surface area contributed by atoms with E-state index in [1.807, 2.05) is 0 Å². The van der Waals surface area contributed by atoms with E-state index < -0.39 is 7.26 Å². The van der Waals surface area contributed by atoms with Crippen LogP contribution in [0.25, 0.3) is 0 Å². The van der Waals surface area contributed by atoms with Crippen LogP contribution in [-0.4, -0.2) is 25.2 Å². The molecule has 0 aliphatic carbocycles. The van der Waals surface area contributed by atoms with Crippen LogP contribution >= 0.6 is 7.26 Å². The van der Waals surface area contributed by atoms with Gasteiger partial charge in [-0.3, -0.25) is 0 Å². The zero-order valence-corrected chi connectivity index (χ0v) is 30.6. The van der Waals surface area contributed by atoms with E-state index in [-0.39, 0.29) is 17.0 Å². The molecule has 0 aromatic rings. The molecule has 0 bridgehead atoms.